The summed E-state index contributed by atoms with van der Waals surface area (Å²) in [5, 5.41) is 9.24. The van der Waals surface area contributed by atoms with Crippen LogP contribution in [0.1, 0.15) is 34.1 Å². The van der Waals surface area contributed by atoms with Crippen molar-refractivity contribution in [2.75, 3.05) is 6.61 Å². The van der Waals surface area contributed by atoms with E-state index >= 15 is 0 Å². The predicted molar refractivity (Wildman–Crippen MR) is 46.7 cm³/mol. The molecule has 0 heterocycles. The molecule has 1 N–H and O–H groups in total. The number of carbonyl (C=O) groups is 1. The molecule has 0 aliphatic rings. The quantitative estimate of drug-likeness (QED) is 0.654. The van der Waals surface area contributed by atoms with E-state index in [1.807, 2.05) is 13.8 Å². The van der Waals surface area contributed by atoms with Crippen molar-refractivity contribution in [3.8, 4) is 0 Å². The van der Waals surface area contributed by atoms with E-state index in [0.717, 1.165) is 6.42 Å². The van der Waals surface area contributed by atoms with Gasteiger partial charge in [0.25, 0.3) is 0 Å². The number of ether oxygens (including phenoxy) is 1. The van der Waals surface area contributed by atoms with Crippen LogP contribution >= 0.6 is 0 Å². The summed E-state index contributed by atoms with van der Waals surface area (Å²) in [5.74, 6) is -0.313. The molecule has 0 rings (SSSR count). The van der Waals surface area contributed by atoms with Gasteiger partial charge in [0.15, 0.2) is 0 Å². The number of hydrogen-bond acceptors (Lipinski definition) is 3. The molecular formula is C9H18O3. The minimum Gasteiger partial charge on any atom is -0.462 e. The number of esters is 1. The Balaban J connectivity index is 3.72. The van der Waals surface area contributed by atoms with Crippen molar-refractivity contribution in [1.82, 2.24) is 0 Å². The fourth-order valence-electron chi connectivity index (χ4n) is 0.557. The summed E-state index contributed by atoms with van der Waals surface area (Å²) in [4.78, 5) is 11.1. The Bertz CT molecular complexity index is 146. The van der Waals surface area contributed by atoms with Gasteiger partial charge in [-0.05, 0) is 20.3 Å². The van der Waals surface area contributed by atoms with Crippen LogP contribution in [0.3, 0.4) is 0 Å². The first kappa shape index (κ1) is 11.4. The minimum absolute atomic E-state index is 0.0656. The summed E-state index contributed by atoms with van der Waals surface area (Å²) in [7, 11) is 0. The van der Waals surface area contributed by atoms with E-state index < -0.39 is 5.60 Å². The van der Waals surface area contributed by atoms with Crippen LogP contribution in [0.5, 0.6) is 0 Å². The van der Waals surface area contributed by atoms with E-state index in [0.29, 0.717) is 0 Å². The Morgan fingerprint density at radius 1 is 1.58 bits per heavy atom. The molecule has 0 aromatic heterocycles. The molecule has 0 amide bonds. The number of hydrogen-bond donors (Lipinski definition) is 1. The molecule has 0 bridgehead atoms. The summed E-state index contributed by atoms with van der Waals surface area (Å²) in [5.41, 5.74) is -0.927. The molecule has 0 aliphatic carbocycles. The number of carbonyl (C=O) groups excluding carboxylic acids is 1. The molecule has 0 radical (unpaired) electrons. The summed E-state index contributed by atoms with van der Waals surface area (Å²) in [6, 6.07) is 0. The lowest BCUT2D eigenvalue weighted by atomic mass is 10.1. The van der Waals surface area contributed by atoms with Gasteiger partial charge in [-0.1, -0.05) is 13.8 Å². The maximum Gasteiger partial charge on any atom is 0.308 e. The van der Waals surface area contributed by atoms with E-state index in [9.17, 15) is 9.90 Å². The van der Waals surface area contributed by atoms with Gasteiger partial charge in [-0.3, -0.25) is 4.79 Å². The van der Waals surface area contributed by atoms with Gasteiger partial charge in [-0.25, -0.2) is 0 Å². The molecule has 0 saturated carbocycles. The predicted octanol–water partition coefficient (Wildman–Crippen LogP) is 1.35. The Labute approximate surface area is 73.7 Å². The van der Waals surface area contributed by atoms with Crippen LogP contribution in [0.25, 0.3) is 0 Å². The van der Waals surface area contributed by atoms with Gasteiger partial charge >= 0.3 is 5.97 Å². The lowest BCUT2D eigenvalue weighted by molar-refractivity contribution is -0.154. The highest BCUT2D eigenvalue weighted by atomic mass is 16.5. The molecule has 0 aromatic rings. The standard InChI is InChI=1S/C9H18O3/c1-5-7(2)8(10)12-6-9(3,4)11/h7,11H,5-6H2,1-4H3. The molecule has 12 heavy (non-hydrogen) atoms. The zero-order valence-corrected chi connectivity index (χ0v) is 8.26. The average molecular weight is 174 g/mol. The molecule has 0 fully saturated rings. The highest BCUT2D eigenvalue weighted by molar-refractivity contribution is 5.71. The summed E-state index contributed by atoms with van der Waals surface area (Å²) >= 11 is 0. The van der Waals surface area contributed by atoms with Gasteiger partial charge in [0.2, 0.25) is 0 Å². The van der Waals surface area contributed by atoms with Crippen LogP contribution < -0.4 is 0 Å². The summed E-state index contributed by atoms with van der Waals surface area (Å²) in [6.07, 6.45) is 0.769. The Morgan fingerprint density at radius 2 is 2.08 bits per heavy atom. The zero-order chi connectivity index (χ0) is 9.78. The van der Waals surface area contributed by atoms with Crippen molar-refractivity contribution >= 4 is 5.97 Å². The van der Waals surface area contributed by atoms with Gasteiger partial charge in [-0.2, -0.15) is 0 Å². The van der Waals surface area contributed by atoms with Gasteiger partial charge < -0.3 is 9.84 Å². The van der Waals surface area contributed by atoms with E-state index in [4.69, 9.17) is 4.74 Å². The topological polar surface area (TPSA) is 46.5 Å². The fraction of sp³-hybridized carbons (Fsp3) is 0.889. The third kappa shape index (κ3) is 5.13. The highest BCUT2D eigenvalue weighted by Crippen LogP contribution is 2.07. The maximum absolute atomic E-state index is 11.1. The molecule has 0 spiro atoms. The van der Waals surface area contributed by atoms with Gasteiger partial charge in [0.1, 0.15) is 6.61 Å². The molecule has 1 unspecified atom stereocenters. The van der Waals surface area contributed by atoms with Crippen LogP contribution in [0, 0.1) is 5.92 Å². The zero-order valence-electron chi connectivity index (χ0n) is 8.26. The molecule has 0 saturated heterocycles. The largest absolute Gasteiger partial charge is 0.462 e. The normalized spacial score (nSPS) is 14.1. The molecule has 0 aromatic carbocycles. The smallest absolute Gasteiger partial charge is 0.308 e. The molecule has 3 heteroatoms. The lowest BCUT2D eigenvalue weighted by Crippen LogP contribution is -2.29. The lowest BCUT2D eigenvalue weighted by Gasteiger charge is -2.18. The first-order valence-electron chi connectivity index (χ1n) is 4.26. The number of rotatable bonds is 4. The van der Waals surface area contributed by atoms with Crippen LogP contribution in [0.15, 0.2) is 0 Å². The van der Waals surface area contributed by atoms with Crippen molar-refractivity contribution in [2.24, 2.45) is 5.92 Å². The van der Waals surface area contributed by atoms with E-state index in [2.05, 4.69) is 0 Å². The first-order chi connectivity index (χ1) is 5.37. The Kier molecular flexibility index (Phi) is 4.24. The first-order valence-corrected chi connectivity index (χ1v) is 4.26. The van der Waals surface area contributed by atoms with Crippen molar-refractivity contribution in [2.45, 2.75) is 39.7 Å². The molecule has 1 atom stereocenters. The third-order valence-corrected chi connectivity index (χ3v) is 1.58. The second-order valence-corrected chi connectivity index (χ2v) is 3.73. The van der Waals surface area contributed by atoms with Crippen LogP contribution in [0.2, 0.25) is 0 Å². The van der Waals surface area contributed by atoms with E-state index in [1.165, 1.54) is 0 Å². The molecule has 72 valence electrons. The Hall–Kier alpha value is -0.570. The van der Waals surface area contributed by atoms with Crippen molar-refractivity contribution in [3.63, 3.8) is 0 Å². The second kappa shape index (κ2) is 4.45. The molecule has 3 nitrogen and oxygen atoms in total. The van der Waals surface area contributed by atoms with Crippen LogP contribution in [0.4, 0.5) is 0 Å². The van der Waals surface area contributed by atoms with Crippen LogP contribution in [-0.4, -0.2) is 23.3 Å². The average Bonchev–Trinajstić information content (AvgIpc) is 1.97. The van der Waals surface area contributed by atoms with Crippen LogP contribution in [-0.2, 0) is 9.53 Å². The fourth-order valence-corrected chi connectivity index (χ4v) is 0.557. The van der Waals surface area contributed by atoms with Crippen molar-refractivity contribution in [1.29, 1.82) is 0 Å². The van der Waals surface area contributed by atoms with Crippen molar-refractivity contribution in [3.05, 3.63) is 0 Å². The van der Waals surface area contributed by atoms with Crippen molar-refractivity contribution < 1.29 is 14.6 Å². The second-order valence-electron chi connectivity index (χ2n) is 3.73. The van der Waals surface area contributed by atoms with E-state index in [-0.39, 0.29) is 18.5 Å². The van der Waals surface area contributed by atoms with E-state index in [1.54, 1.807) is 13.8 Å². The summed E-state index contributed by atoms with van der Waals surface area (Å²) in [6.45, 7) is 7.02. The van der Waals surface area contributed by atoms with Gasteiger partial charge in [-0.15, -0.1) is 0 Å². The minimum atomic E-state index is -0.927. The highest BCUT2D eigenvalue weighted by Gasteiger charge is 2.18. The third-order valence-electron chi connectivity index (χ3n) is 1.58. The molecular weight excluding hydrogens is 156 g/mol. The van der Waals surface area contributed by atoms with Gasteiger partial charge in [0.05, 0.1) is 11.5 Å². The maximum atomic E-state index is 11.1. The molecule has 0 aliphatic heterocycles. The summed E-state index contributed by atoms with van der Waals surface area (Å²) < 4.78 is 4.87. The monoisotopic (exact) mass is 174 g/mol. The van der Waals surface area contributed by atoms with Gasteiger partial charge in [0, 0.05) is 0 Å². The number of aliphatic hydroxyl groups is 1. The Morgan fingerprint density at radius 3 is 2.42 bits per heavy atom. The SMILES string of the molecule is CCC(C)C(=O)OCC(C)(C)O.